The zero-order chi connectivity index (χ0) is 55.1. The fourth-order valence-corrected chi connectivity index (χ4v) is 8.51. The number of benzene rings is 3. The van der Waals surface area contributed by atoms with E-state index in [1.165, 1.54) is 30.9 Å². The number of ketones is 2. The molecular formula is C52H64F3N9O11. The molecule has 1 fully saturated rings. The molecule has 404 valence electrons. The van der Waals surface area contributed by atoms with Crippen LogP contribution in [0.1, 0.15) is 111 Å². The standard InChI is InChI=1S/C52H64F3N9O11/c1-6-12-37(62-48(71)38(63-46(69)30(5)60-45(68)29(4)56)26-31-18-20-32(21-19-31)75-51(74)52(53,54)55)47(70)59-27-41(65)61-39(25-28(2)3)50(73)64-24-10-17-40(64)49(72)58-23-11-22-57-36-16-9-15-35-42(36)44(67)34-14-8-7-13-33(34)43(35)66/h7-9,13-16,18-21,28-30,37-40,57H,6,10-12,17,22-27,56H2,1-5H3,(H,58,72)(H,59,70)(H,60,68)(H,61,65)(H,62,71)(H,63,69)/t29-,30+,37+,38+,39+,40+/m1/s1. The average molecular weight is 1050 g/mol. The third-order valence-electron chi connectivity index (χ3n) is 12.3. The quantitative estimate of drug-likeness (QED) is 0.0285. The Balaban J connectivity index is 1.16. The maximum atomic E-state index is 14.1. The van der Waals surface area contributed by atoms with Gasteiger partial charge in [0.25, 0.3) is 0 Å². The van der Waals surface area contributed by atoms with Crippen LogP contribution in [0.3, 0.4) is 0 Å². The molecule has 75 heavy (non-hydrogen) atoms. The van der Waals surface area contributed by atoms with Crippen LogP contribution in [0.2, 0.25) is 0 Å². The summed E-state index contributed by atoms with van der Waals surface area (Å²) in [5, 5.41) is 18.8. The molecule has 1 aliphatic heterocycles. The fraction of sp³-hybridized carbons (Fsp3) is 0.462. The Morgan fingerprint density at radius 2 is 1.39 bits per heavy atom. The number of amides is 7. The van der Waals surface area contributed by atoms with Crippen molar-refractivity contribution >= 4 is 64.6 Å². The van der Waals surface area contributed by atoms with Crippen molar-refractivity contribution in [1.82, 2.24) is 36.8 Å². The van der Waals surface area contributed by atoms with Crippen LogP contribution in [0.25, 0.3) is 0 Å². The molecule has 5 rings (SSSR count). The molecule has 0 radical (unpaired) electrons. The Hall–Kier alpha value is -7.69. The summed E-state index contributed by atoms with van der Waals surface area (Å²) < 4.78 is 42.6. The summed E-state index contributed by atoms with van der Waals surface area (Å²) in [6.07, 6.45) is -3.55. The molecule has 3 aromatic carbocycles. The Bertz CT molecular complexity index is 2630. The maximum Gasteiger partial charge on any atom is 0.491 e. The molecule has 20 nitrogen and oxygen atoms in total. The predicted molar refractivity (Wildman–Crippen MR) is 267 cm³/mol. The van der Waals surface area contributed by atoms with Crippen LogP contribution in [0, 0.1) is 5.92 Å². The lowest BCUT2D eigenvalue weighted by Crippen LogP contribution is -2.58. The molecule has 0 aromatic heterocycles. The van der Waals surface area contributed by atoms with Gasteiger partial charge >= 0.3 is 12.1 Å². The highest BCUT2D eigenvalue weighted by Crippen LogP contribution is 2.32. The number of fused-ring (bicyclic) bond motifs is 2. The molecule has 23 heteroatoms. The average Bonchev–Trinajstić information content (AvgIpc) is 3.86. The first-order chi connectivity index (χ1) is 35.5. The van der Waals surface area contributed by atoms with E-state index in [9.17, 15) is 61.1 Å². The van der Waals surface area contributed by atoms with Gasteiger partial charge in [-0.1, -0.05) is 75.7 Å². The summed E-state index contributed by atoms with van der Waals surface area (Å²) >= 11 is 0. The Morgan fingerprint density at radius 3 is 2.03 bits per heavy atom. The van der Waals surface area contributed by atoms with Gasteiger partial charge in [0.05, 0.1) is 18.2 Å². The van der Waals surface area contributed by atoms with Crippen LogP contribution < -0.4 is 47.7 Å². The number of hydrogen-bond donors (Lipinski definition) is 8. The second-order valence-corrected chi connectivity index (χ2v) is 18.8. The topological polar surface area (TPSA) is 293 Å². The minimum absolute atomic E-state index is 0.0663. The van der Waals surface area contributed by atoms with Crippen molar-refractivity contribution < 1.29 is 65.9 Å². The zero-order valence-electron chi connectivity index (χ0n) is 42.3. The molecule has 3 aromatic rings. The lowest BCUT2D eigenvalue weighted by molar-refractivity contribution is -0.189. The highest BCUT2D eigenvalue weighted by atomic mass is 19.4. The van der Waals surface area contributed by atoms with Crippen LogP contribution in [0.5, 0.6) is 5.75 Å². The number of carbonyl (C=O) groups excluding carboxylic acids is 10. The van der Waals surface area contributed by atoms with Crippen molar-refractivity contribution in [2.24, 2.45) is 11.7 Å². The summed E-state index contributed by atoms with van der Waals surface area (Å²) in [5.74, 6) is -8.21. The molecule has 1 heterocycles. The van der Waals surface area contributed by atoms with Gasteiger partial charge in [-0.3, -0.25) is 43.2 Å². The summed E-state index contributed by atoms with van der Waals surface area (Å²) in [4.78, 5) is 133. The number of nitrogens with two attached hydrogens (primary N) is 1. The Kier molecular flexibility index (Phi) is 20.6. The number of nitrogens with zero attached hydrogens (tertiary/aromatic N) is 1. The maximum absolute atomic E-state index is 14.1. The number of rotatable bonds is 24. The first kappa shape index (κ1) is 58.2. The van der Waals surface area contributed by atoms with Crippen molar-refractivity contribution in [3.05, 3.63) is 94.5 Å². The lowest BCUT2D eigenvalue weighted by atomic mass is 9.83. The molecule has 1 saturated heterocycles. The van der Waals surface area contributed by atoms with Crippen molar-refractivity contribution in [2.45, 2.75) is 122 Å². The molecule has 2 aliphatic rings. The molecule has 9 N–H and O–H groups in total. The van der Waals surface area contributed by atoms with Gasteiger partial charge in [-0.25, -0.2) is 4.79 Å². The SMILES string of the molecule is CCC[C@H](NC(=O)[C@H](Cc1ccc(OC(=O)C(F)(F)F)cc1)NC(=O)[C@H](C)NC(=O)[C@@H](C)N)C(=O)NCC(=O)N[C@@H](CC(C)C)C(=O)N1CCC[C@H]1C(=O)NCCCNc1cccc2c1C(=O)c1ccccc1C2=O. The number of likely N-dealkylation sites (tertiary alicyclic amines) is 1. The van der Waals surface area contributed by atoms with E-state index in [2.05, 4.69) is 42.0 Å². The van der Waals surface area contributed by atoms with Crippen molar-refractivity contribution in [3.8, 4) is 5.75 Å². The second-order valence-electron chi connectivity index (χ2n) is 18.8. The van der Waals surface area contributed by atoms with Gasteiger partial charge in [0.15, 0.2) is 11.6 Å². The number of anilines is 1. The van der Waals surface area contributed by atoms with Crippen LogP contribution in [-0.2, 0) is 44.8 Å². The molecule has 0 unspecified atom stereocenters. The lowest BCUT2D eigenvalue weighted by Gasteiger charge is -2.29. The molecule has 0 bridgehead atoms. The number of carbonyl (C=O) groups is 10. The van der Waals surface area contributed by atoms with Crippen LogP contribution >= 0.6 is 0 Å². The Labute approximate surface area is 431 Å². The van der Waals surface area contributed by atoms with Gasteiger partial charge in [-0.05, 0) is 75.6 Å². The van der Waals surface area contributed by atoms with E-state index in [1.54, 1.807) is 49.4 Å². The van der Waals surface area contributed by atoms with E-state index in [1.807, 2.05) is 13.8 Å². The first-order valence-corrected chi connectivity index (χ1v) is 24.8. The number of nitrogens with one attached hydrogen (secondary N) is 7. The van der Waals surface area contributed by atoms with E-state index in [-0.39, 0.29) is 61.3 Å². The minimum atomic E-state index is -5.25. The molecule has 0 saturated carbocycles. The zero-order valence-corrected chi connectivity index (χ0v) is 42.3. The summed E-state index contributed by atoms with van der Waals surface area (Å²) in [7, 11) is 0. The first-order valence-electron chi connectivity index (χ1n) is 24.8. The Morgan fingerprint density at radius 1 is 0.733 bits per heavy atom. The summed E-state index contributed by atoms with van der Waals surface area (Å²) in [5.41, 5.74) is 7.67. The van der Waals surface area contributed by atoms with Gasteiger partial charge in [-0.15, -0.1) is 0 Å². The molecular weight excluding hydrogens is 984 g/mol. The fourth-order valence-electron chi connectivity index (χ4n) is 8.51. The van der Waals surface area contributed by atoms with Gasteiger partial charge in [-0.2, -0.15) is 13.2 Å². The minimum Gasteiger partial charge on any atom is -0.420 e. The molecule has 7 amide bonds. The van der Waals surface area contributed by atoms with Gasteiger partial charge < -0.3 is 52.6 Å². The largest absolute Gasteiger partial charge is 0.491 e. The van der Waals surface area contributed by atoms with E-state index in [0.29, 0.717) is 60.2 Å². The summed E-state index contributed by atoms with van der Waals surface area (Å²) in [6, 6.07) is 9.59. The molecule has 6 atom stereocenters. The monoisotopic (exact) mass is 1050 g/mol. The van der Waals surface area contributed by atoms with E-state index in [4.69, 9.17) is 5.73 Å². The van der Waals surface area contributed by atoms with Crippen molar-refractivity contribution in [1.29, 1.82) is 0 Å². The van der Waals surface area contributed by atoms with Gasteiger partial charge in [0, 0.05) is 48.4 Å². The number of esters is 1. The van der Waals surface area contributed by atoms with Gasteiger partial charge in [0.2, 0.25) is 41.4 Å². The normalized spacial score (nSPS) is 16.0. The third-order valence-corrected chi connectivity index (χ3v) is 12.3. The third kappa shape index (κ3) is 15.9. The van der Waals surface area contributed by atoms with E-state index < -0.39 is 96.1 Å². The highest BCUT2D eigenvalue weighted by Gasteiger charge is 2.42. The molecule has 0 spiro atoms. The number of alkyl halides is 3. The highest BCUT2D eigenvalue weighted by molar-refractivity contribution is 6.30. The molecule has 1 aliphatic carbocycles. The number of halogens is 3. The predicted octanol–water partition coefficient (Wildman–Crippen LogP) is 2.35. The van der Waals surface area contributed by atoms with E-state index in [0.717, 1.165) is 12.1 Å². The summed E-state index contributed by atoms with van der Waals surface area (Å²) in [6.45, 7) is 8.39. The van der Waals surface area contributed by atoms with Crippen molar-refractivity contribution in [2.75, 3.05) is 31.5 Å². The number of ether oxygens (including phenoxy) is 1. The van der Waals surface area contributed by atoms with Crippen LogP contribution in [0.15, 0.2) is 66.7 Å². The van der Waals surface area contributed by atoms with Crippen LogP contribution in [0.4, 0.5) is 18.9 Å². The van der Waals surface area contributed by atoms with Crippen LogP contribution in [-0.4, -0.2) is 132 Å². The van der Waals surface area contributed by atoms with E-state index >= 15 is 0 Å². The van der Waals surface area contributed by atoms with Gasteiger partial charge in [0.1, 0.15) is 36.0 Å². The van der Waals surface area contributed by atoms with Crippen molar-refractivity contribution in [3.63, 3.8) is 0 Å². The second kappa shape index (κ2) is 26.5. The smallest absolute Gasteiger partial charge is 0.420 e. The number of hydrogen-bond acceptors (Lipinski definition) is 13.